The zero-order chi connectivity index (χ0) is 21.8. The number of hydrogen-bond donors (Lipinski definition) is 0. The quantitative estimate of drug-likeness (QED) is 0.233. The molecule has 33 heavy (non-hydrogen) atoms. The molecule has 2 aromatic heterocycles. The Morgan fingerprint density at radius 2 is 0.879 bits per heavy atom. The molecule has 4 aromatic carbocycles. The summed E-state index contributed by atoms with van der Waals surface area (Å²) >= 11 is 0. The number of hydrogen-bond acceptors (Lipinski definition) is 0. The molecule has 0 saturated carbocycles. The molecule has 0 aliphatic carbocycles. The van der Waals surface area contributed by atoms with Crippen LogP contribution < -0.4 is 0 Å². The van der Waals surface area contributed by atoms with Crippen LogP contribution in [0, 0.1) is 0 Å². The van der Waals surface area contributed by atoms with Crippen molar-refractivity contribution < 1.29 is 0 Å². The van der Waals surface area contributed by atoms with Crippen LogP contribution in [-0.2, 0) is 25.9 Å². The van der Waals surface area contributed by atoms with Crippen LogP contribution in [0.4, 0.5) is 0 Å². The summed E-state index contributed by atoms with van der Waals surface area (Å²) in [4.78, 5) is 0. The lowest BCUT2D eigenvalue weighted by atomic mass is 10.0. The van der Waals surface area contributed by atoms with Gasteiger partial charge in [0.1, 0.15) is 0 Å². The molecular weight excluding hydrogens is 400 g/mol. The number of fused-ring (bicyclic) bond motifs is 2. The standard InChI is InChI=1S/C31H28N2/c1-3-12-28-24(10-1)26-20-22-8-7-9-23-15-17-31-27(21-23)25-11-2-4-13-29(25)33(31)19-6-5-18-32(28)30(26)16-14-22/h1-4,10-17,20-21H,5-9,18-19H2. The lowest BCUT2D eigenvalue weighted by Crippen LogP contribution is -2.02. The third-order valence-corrected chi connectivity index (χ3v) is 7.62. The first-order valence-electron chi connectivity index (χ1n) is 12.4. The predicted molar refractivity (Wildman–Crippen MR) is 140 cm³/mol. The first-order chi connectivity index (χ1) is 16.4. The number of nitrogens with zero attached hydrogens (tertiary/aromatic N) is 2. The van der Waals surface area contributed by atoms with E-state index >= 15 is 0 Å². The van der Waals surface area contributed by atoms with E-state index in [0.29, 0.717) is 0 Å². The SMILES string of the molecule is c1ccc2c(c1)c1cc3ccc1n2CCCCn1c2ccccc2c2cc(ccc21)CCC3. The molecule has 2 heteroatoms. The Morgan fingerprint density at radius 3 is 1.39 bits per heavy atom. The van der Waals surface area contributed by atoms with E-state index < -0.39 is 0 Å². The van der Waals surface area contributed by atoms with Crippen molar-refractivity contribution in [3.8, 4) is 0 Å². The van der Waals surface area contributed by atoms with Crippen molar-refractivity contribution in [3.63, 3.8) is 0 Å². The van der Waals surface area contributed by atoms with Gasteiger partial charge >= 0.3 is 0 Å². The molecule has 0 amide bonds. The Labute approximate surface area is 194 Å². The minimum Gasteiger partial charge on any atom is -0.340 e. The topological polar surface area (TPSA) is 9.86 Å². The third-order valence-electron chi connectivity index (χ3n) is 7.62. The molecule has 162 valence electrons. The number of benzene rings is 4. The first-order valence-corrected chi connectivity index (χ1v) is 12.4. The van der Waals surface area contributed by atoms with Crippen molar-refractivity contribution in [2.75, 3.05) is 0 Å². The summed E-state index contributed by atoms with van der Waals surface area (Å²) in [5.74, 6) is 0. The maximum Gasteiger partial charge on any atom is 0.0491 e. The van der Waals surface area contributed by atoms with E-state index in [0.717, 1.165) is 25.9 Å². The van der Waals surface area contributed by atoms with Crippen LogP contribution >= 0.6 is 0 Å². The lowest BCUT2D eigenvalue weighted by molar-refractivity contribution is 0.583. The molecule has 0 N–H and O–H groups in total. The average Bonchev–Trinajstić information content (AvgIpc) is 3.34. The van der Waals surface area contributed by atoms with Gasteiger partial charge in [-0.05, 0) is 79.6 Å². The summed E-state index contributed by atoms with van der Waals surface area (Å²) in [5.41, 5.74) is 8.40. The van der Waals surface area contributed by atoms with Gasteiger partial charge in [0.15, 0.2) is 0 Å². The molecule has 0 fully saturated rings. The molecular formula is C31H28N2. The van der Waals surface area contributed by atoms with E-state index in [-0.39, 0.29) is 0 Å². The molecule has 10 rings (SSSR count). The van der Waals surface area contributed by atoms with Gasteiger partial charge in [-0.2, -0.15) is 0 Å². The third kappa shape index (κ3) is 3.01. The van der Waals surface area contributed by atoms with Crippen molar-refractivity contribution in [2.24, 2.45) is 0 Å². The summed E-state index contributed by atoms with van der Waals surface area (Å²) < 4.78 is 5.09. The van der Waals surface area contributed by atoms with Gasteiger partial charge in [0, 0.05) is 56.7 Å². The van der Waals surface area contributed by atoms with E-state index in [1.807, 2.05) is 0 Å². The lowest BCUT2D eigenvalue weighted by Gasteiger charge is -2.10. The number of aryl methyl sites for hydroxylation is 4. The summed E-state index contributed by atoms with van der Waals surface area (Å²) in [7, 11) is 0. The second-order valence-electron chi connectivity index (χ2n) is 9.60. The monoisotopic (exact) mass is 428 g/mol. The van der Waals surface area contributed by atoms with Gasteiger partial charge in [0.2, 0.25) is 0 Å². The van der Waals surface area contributed by atoms with Gasteiger partial charge in [-0.1, -0.05) is 48.5 Å². The largest absolute Gasteiger partial charge is 0.340 e. The molecule has 6 heterocycles. The Kier molecular flexibility index (Phi) is 4.33. The fourth-order valence-electron chi connectivity index (χ4n) is 6.03. The summed E-state index contributed by atoms with van der Waals surface area (Å²) in [6.07, 6.45) is 5.75. The van der Waals surface area contributed by atoms with Gasteiger partial charge < -0.3 is 9.13 Å². The van der Waals surface area contributed by atoms with Crippen LogP contribution in [0.2, 0.25) is 0 Å². The van der Waals surface area contributed by atoms with Gasteiger partial charge in [0.25, 0.3) is 0 Å². The molecule has 0 spiro atoms. The minimum absolute atomic E-state index is 1.06. The van der Waals surface area contributed by atoms with Crippen LogP contribution in [0.5, 0.6) is 0 Å². The zero-order valence-corrected chi connectivity index (χ0v) is 18.9. The van der Waals surface area contributed by atoms with E-state index in [9.17, 15) is 0 Å². The highest BCUT2D eigenvalue weighted by atomic mass is 15.0. The highest BCUT2D eigenvalue weighted by Gasteiger charge is 2.13. The fourth-order valence-corrected chi connectivity index (χ4v) is 6.03. The van der Waals surface area contributed by atoms with Crippen LogP contribution in [0.15, 0.2) is 84.9 Å². The van der Waals surface area contributed by atoms with Crippen molar-refractivity contribution in [1.82, 2.24) is 9.13 Å². The zero-order valence-electron chi connectivity index (χ0n) is 18.9. The van der Waals surface area contributed by atoms with E-state index in [1.54, 1.807) is 0 Å². The fraction of sp³-hybridized carbons (Fsp3) is 0.226. The Balaban J connectivity index is 1.37. The van der Waals surface area contributed by atoms with Crippen molar-refractivity contribution in [2.45, 2.75) is 45.2 Å². The molecule has 0 radical (unpaired) electrons. The van der Waals surface area contributed by atoms with Gasteiger partial charge in [-0.15, -0.1) is 0 Å². The molecule has 4 aliphatic rings. The normalized spacial score (nSPS) is 15.0. The van der Waals surface area contributed by atoms with Gasteiger partial charge in [0.05, 0.1) is 0 Å². The smallest absolute Gasteiger partial charge is 0.0491 e. The molecule has 0 saturated heterocycles. The van der Waals surface area contributed by atoms with Gasteiger partial charge in [-0.3, -0.25) is 0 Å². The van der Waals surface area contributed by atoms with Crippen molar-refractivity contribution >= 4 is 43.6 Å². The molecule has 8 bridgehead atoms. The average molecular weight is 429 g/mol. The van der Waals surface area contributed by atoms with E-state index in [1.165, 1.54) is 74.0 Å². The summed E-state index contributed by atoms with van der Waals surface area (Å²) in [6, 6.07) is 32.2. The van der Waals surface area contributed by atoms with E-state index in [4.69, 9.17) is 0 Å². The number of aromatic nitrogens is 2. The molecule has 2 nitrogen and oxygen atoms in total. The first kappa shape index (κ1) is 19.0. The Bertz CT molecular complexity index is 1520. The molecule has 4 aliphatic heterocycles. The summed E-state index contributed by atoms with van der Waals surface area (Å²) in [5, 5.41) is 5.61. The Morgan fingerprint density at radius 1 is 0.424 bits per heavy atom. The van der Waals surface area contributed by atoms with Crippen LogP contribution in [-0.4, -0.2) is 9.13 Å². The second kappa shape index (κ2) is 7.52. The molecule has 0 unspecified atom stereocenters. The highest BCUT2D eigenvalue weighted by Crippen LogP contribution is 2.33. The minimum atomic E-state index is 1.06. The maximum atomic E-state index is 2.55. The number of rotatable bonds is 0. The van der Waals surface area contributed by atoms with Crippen molar-refractivity contribution in [3.05, 3.63) is 96.1 Å². The molecule has 6 aromatic rings. The van der Waals surface area contributed by atoms with Crippen LogP contribution in [0.3, 0.4) is 0 Å². The summed E-state index contributed by atoms with van der Waals surface area (Å²) in [6.45, 7) is 2.12. The maximum absolute atomic E-state index is 2.55. The van der Waals surface area contributed by atoms with Crippen LogP contribution in [0.1, 0.15) is 30.4 Å². The van der Waals surface area contributed by atoms with Crippen molar-refractivity contribution in [1.29, 1.82) is 0 Å². The van der Waals surface area contributed by atoms with Gasteiger partial charge in [-0.25, -0.2) is 0 Å². The van der Waals surface area contributed by atoms with E-state index in [2.05, 4.69) is 94.1 Å². The second-order valence-corrected chi connectivity index (χ2v) is 9.60. The highest BCUT2D eigenvalue weighted by molar-refractivity contribution is 6.09. The Hall–Kier alpha value is -3.52. The van der Waals surface area contributed by atoms with Crippen LogP contribution in [0.25, 0.3) is 43.6 Å². The predicted octanol–water partition coefficient (Wildman–Crippen LogP) is 7.87. The molecule has 0 atom stereocenters. The number of para-hydroxylation sites is 2.